The fraction of sp³-hybridized carbons (Fsp3) is 0.684. The standard InChI is InChI=1S/C19H26N2O4/c1-14-13-21(17(22)15-5-4-12-24-15)11-8-19(14)7-6-16(25-19)18(23)20-9-2-3-10-20/h4-5,12,14,16H,2-3,6-11,13H2,1H3/t14-,16?,19+/m1/s1. The molecular formula is C19H26N2O4. The molecule has 1 spiro atoms. The first-order valence-corrected chi connectivity index (χ1v) is 9.38. The molecule has 0 radical (unpaired) electrons. The van der Waals surface area contributed by atoms with Gasteiger partial charge in [-0.2, -0.15) is 0 Å². The number of nitrogens with zero attached hydrogens (tertiary/aromatic N) is 2. The summed E-state index contributed by atoms with van der Waals surface area (Å²) in [7, 11) is 0. The number of carbonyl (C=O) groups excluding carboxylic acids is 2. The van der Waals surface area contributed by atoms with Crippen molar-refractivity contribution in [2.75, 3.05) is 26.2 Å². The molecule has 2 amide bonds. The quantitative estimate of drug-likeness (QED) is 0.824. The van der Waals surface area contributed by atoms with Gasteiger partial charge in [0.05, 0.1) is 11.9 Å². The van der Waals surface area contributed by atoms with Crippen molar-refractivity contribution >= 4 is 11.8 Å². The molecule has 1 unspecified atom stereocenters. The minimum absolute atomic E-state index is 0.0607. The van der Waals surface area contributed by atoms with E-state index in [-0.39, 0.29) is 29.4 Å². The lowest BCUT2D eigenvalue weighted by molar-refractivity contribution is -0.154. The largest absolute Gasteiger partial charge is 0.459 e. The van der Waals surface area contributed by atoms with Crippen LogP contribution in [-0.4, -0.2) is 59.5 Å². The summed E-state index contributed by atoms with van der Waals surface area (Å²) in [4.78, 5) is 28.9. The molecule has 3 aliphatic heterocycles. The normalized spacial score (nSPS) is 32.5. The number of amides is 2. The maximum absolute atomic E-state index is 12.6. The van der Waals surface area contributed by atoms with Crippen molar-refractivity contribution in [2.45, 2.75) is 50.7 Å². The van der Waals surface area contributed by atoms with Gasteiger partial charge >= 0.3 is 0 Å². The van der Waals surface area contributed by atoms with Crippen molar-refractivity contribution in [1.29, 1.82) is 0 Å². The zero-order valence-electron chi connectivity index (χ0n) is 14.8. The Morgan fingerprint density at radius 2 is 1.96 bits per heavy atom. The lowest BCUT2D eigenvalue weighted by atomic mass is 9.80. The molecule has 4 heterocycles. The predicted molar refractivity (Wildman–Crippen MR) is 91.0 cm³/mol. The Balaban J connectivity index is 1.39. The van der Waals surface area contributed by atoms with E-state index in [0.717, 1.165) is 45.2 Å². The minimum atomic E-state index is -0.298. The summed E-state index contributed by atoms with van der Waals surface area (Å²) < 4.78 is 11.6. The number of carbonyl (C=O) groups is 2. The van der Waals surface area contributed by atoms with Crippen molar-refractivity contribution in [1.82, 2.24) is 9.80 Å². The van der Waals surface area contributed by atoms with Gasteiger partial charge in [-0.3, -0.25) is 9.59 Å². The van der Waals surface area contributed by atoms with E-state index in [0.29, 0.717) is 18.8 Å². The maximum atomic E-state index is 12.6. The smallest absolute Gasteiger partial charge is 0.289 e. The molecule has 136 valence electrons. The van der Waals surface area contributed by atoms with Crippen LogP contribution in [-0.2, 0) is 9.53 Å². The first kappa shape index (κ1) is 16.6. The second-order valence-corrected chi connectivity index (χ2v) is 7.62. The molecule has 3 aliphatic rings. The molecule has 4 rings (SSSR count). The van der Waals surface area contributed by atoms with E-state index in [4.69, 9.17) is 9.15 Å². The van der Waals surface area contributed by atoms with E-state index in [1.54, 1.807) is 12.1 Å². The van der Waals surface area contributed by atoms with E-state index in [1.165, 1.54) is 6.26 Å². The molecule has 0 bridgehead atoms. The summed E-state index contributed by atoms with van der Waals surface area (Å²) in [6.45, 7) is 5.16. The fourth-order valence-electron chi connectivity index (χ4n) is 4.54. The third-order valence-electron chi connectivity index (χ3n) is 6.12. The minimum Gasteiger partial charge on any atom is -0.459 e. The van der Waals surface area contributed by atoms with Crippen molar-refractivity contribution in [3.8, 4) is 0 Å². The van der Waals surface area contributed by atoms with Gasteiger partial charge in [-0.25, -0.2) is 0 Å². The van der Waals surface area contributed by atoms with Gasteiger partial charge in [-0.05, 0) is 44.2 Å². The molecule has 3 fully saturated rings. The topological polar surface area (TPSA) is 63.0 Å². The lowest BCUT2D eigenvalue weighted by Crippen LogP contribution is -2.53. The number of furan rings is 1. The van der Waals surface area contributed by atoms with Gasteiger partial charge in [0.2, 0.25) is 0 Å². The van der Waals surface area contributed by atoms with Crippen LogP contribution in [0.1, 0.15) is 49.6 Å². The first-order chi connectivity index (χ1) is 12.1. The first-order valence-electron chi connectivity index (χ1n) is 9.38. The number of piperidine rings is 1. The molecule has 0 aliphatic carbocycles. The third-order valence-corrected chi connectivity index (χ3v) is 6.12. The van der Waals surface area contributed by atoms with Crippen LogP contribution in [0.2, 0.25) is 0 Å². The number of hydrogen-bond acceptors (Lipinski definition) is 4. The van der Waals surface area contributed by atoms with Crippen molar-refractivity contribution in [3.05, 3.63) is 24.2 Å². The van der Waals surface area contributed by atoms with Crippen LogP contribution >= 0.6 is 0 Å². The van der Waals surface area contributed by atoms with Gasteiger partial charge in [-0.15, -0.1) is 0 Å². The number of hydrogen-bond donors (Lipinski definition) is 0. The average molecular weight is 346 g/mol. The maximum Gasteiger partial charge on any atom is 0.289 e. The Bertz CT molecular complexity index is 638. The molecule has 1 aromatic rings. The van der Waals surface area contributed by atoms with Gasteiger partial charge in [0.1, 0.15) is 6.10 Å². The lowest BCUT2D eigenvalue weighted by Gasteiger charge is -2.44. The molecule has 3 atom stereocenters. The SMILES string of the molecule is C[C@@H]1CN(C(=O)c2ccco2)CC[C@@]12CCC(C(=O)N1CCCC1)O2. The summed E-state index contributed by atoms with van der Waals surface area (Å²) >= 11 is 0. The zero-order chi connectivity index (χ0) is 17.4. The van der Waals surface area contributed by atoms with Gasteiger partial charge < -0.3 is 19.0 Å². The zero-order valence-corrected chi connectivity index (χ0v) is 14.8. The van der Waals surface area contributed by atoms with Crippen LogP contribution in [0, 0.1) is 5.92 Å². The van der Waals surface area contributed by atoms with Crippen LogP contribution in [0.15, 0.2) is 22.8 Å². The summed E-state index contributed by atoms with van der Waals surface area (Å²) in [6, 6.07) is 3.44. The Hall–Kier alpha value is -1.82. The fourth-order valence-corrected chi connectivity index (χ4v) is 4.54. The highest BCUT2D eigenvalue weighted by Crippen LogP contribution is 2.43. The van der Waals surface area contributed by atoms with E-state index < -0.39 is 0 Å². The summed E-state index contributed by atoms with van der Waals surface area (Å²) in [5, 5.41) is 0. The van der Waals surface area contributed by atoms with Crippen molar-refractivity contribution in [2.24, 2.45) is 5.92 Å². The van der Waals surface area contributed by atoms with Crippen LogP contribution in [0.4, 0.5) is 0 Å². The average Bonchev–Trinajstić information content (AvgIpc) is 3.38. The van der Waals surface area contributed by atoms with E-state index >= 15 is 0 Å². The molecule has 1 aromatic heterocycles. The van der Waals surface area contributed by atoms with Crippen LogP contribution in [0.25, 0.3) is 0 Å². The van der Waals surface area contributed by atoms with Gasteiger partial charge in [-0.1, -0.05) is 6.92 Å². The molecule has 25 heavy (non-hydrogen) atoms. The van der Waals surface area contributed by atoms with Gasteiger partial charge in [0.25, 0.3) is 11.8 Å². The van der Waals surface area contributed by atoms with Crippen molar-refractivity contribution in [3.63, 3.8) is 0 Å². The van der Waals surface area contributed by atoms with E-state index in [2.05, 4.69) is 6.92 Å². The monoisotopic (exact) mass is 346 g/mol. The molecule has 0 N–H and O–H groups in total. The van der Waals surface area contributed by atoms with Gasteiger partial charge in [0, 0.05) is 32.1 Å². The highest BCUT2D eigenvalue weighted by atomic mass is 16.5. The Morgan fingerprint density at radius 3 is 2.64 bits per heavy atom. The molecular weight excluding hydrogens is 320 g/mol. The molecule has 0 aromatic carbocycles. The Morgan fingerprint density at radius 1 is 1.16 bits per heavy atom. The highest BCUT2D eigenvalue weighted by Gasteiger charge is 2.50. The number of rotatable bonds is 2. The number of likely N-dealkylation sites (tertiary alicyclic amines) is 2. The molecule has 0 saturated carbocycles. The molecule has 3 saturated heterocycles. The Labute approximate surface area is 148 Å². The van der Waals surface area contributed by atoms with E-state index in [9.17, 15) is 9.59 Å². The molecule has 6 nitrogen and oxygen atoms in total. The predicted octanol–water partition coefficient (Wildman–Crippen LogP) is 2.30. The second-order valence-electron chi connectivity index (χ2n) is 7.62. The summed E-state index contributed by atoms with van der Waals surface area (Å²) in [5.74, 6) is 0.694. The summed E-state index contributed by atoms with van der Waals surface area (Å²) in [5.41, 5.74) is -0.264. The Kier molecular flexibility index (Phi) is 4.31. The second kappa shape index (κ2) is 6.48. The van der Waals surface area contributed by atoms with Crippen LogP contribution < -0.4 is 0 Å². The summed E-state index contributed by atoms with van der Waals surface area (Å²) in [6.07, 6.45) is 5.91. The third kappa shape index (κ3) is 2.97. The highest BCUT2D eigenvalue weighted by molar-refractivity contribution is 5.91. The number of ether oxygens (including phenoxy) is 1. The van der Waals surface area contributed by atoms with Crippen LogP contribution in [0.3, 0.4) is 0 Å². The molecule has 6 heteroatoms. The van der Waals surface area contributed by atoms with Crippen LogP contribution in [0.5, 0.6) is 0 Å². The van der Waals surface area contributed by atoms with Crippen molar-refractivity contribution < 1.29 is 18.7 Å². The van der Waals surface area contributed by atoms with E-state index in [1.807, 2.05) is 9.80 Å². The van der Waals surface area contributed by atoms with Gasteiger partial charge in [0.15, 0.2) is 5.76 Å².